The van der Waals surface area contributed by atoms with Crippen LogP contribution in [-0.2, 0) is 6.18 Å². The Morgan fingerprint density at radius 1 is 1.29 bits per heavy atom. The number of rotatable bonds is 1. The molecule has 0 aromatic heterocycles. The van der Waals surface area contributed by atoms with Gasteiger partial charge in [-0.3, -0.25) is 0 Å². The second-order valence-corrected chi connectivity index (χ2v) is 2.91. The van der Waals surface area contributed by atoms with E-state index in [1.807, 2.05) is 0 Å². The van der Waals surface area contributed by atoms with Crippen LogP contribution in [0.3, 0.4) is 0 Å². The predicted molar refractivity (Wildman–Crippen MR) is 42.0 cm³/mol. The highest BCUT2D eigenvalue weighted by Gasteiger charge is 2.31. The van der Waals surface area contributed by atoms with Crippen molar-refractivity contribution in [2.24, 2.45) is 0 Å². The van der Waals surface area contributed by atoms with Gasteiger partial charge in [-0.05, 0) is 19.1 Å². The molecule has 0 heterocycles. The molecule has 0 radical (unpaired) electrons. The van der Waals surface area contributed by atoms with Gasteiger partial charge in [-0.1, -0.05) is 6.07 Å². The first-order valence-electron chi connectivity index (χ1n) is 3.87. The van der Waals surface area contributed by atoms with Crippen LogP contribution in [0.2, 0.25) is 0 Å². The Balaban J connectivity index is 3.13. The highest BCUT2D eigenvalue weighted by Crippen LogP contribution is 2.31. The molecule has 0 aliphatic heterocycles. The molecule has 0 aliphatic carbocycles. The van der Waals surface area contributed by atoms with Crippen LogP contribution in [0.1, 0.15) is 24.2 Å². The summed E-state index contributed by atoms with van der Waals surface area (Å²) in [7, 11) is 0. The lowest BCUT2D eigenvalue weighted by Crippen LogP contribution is -2.07. The average Bonchev–Trinajstić information content (AvgIpc) is 2.01. The minimum absolute atomic E-state index is 0.141. The van der Waals surface area contributed by atoms with Crippen molar-refractivity contribution in [1.82, 2.24) is 0 Å². The van der Waals surface area contributed by atoms with Crippen molar-refractivity contribution < 1.29 is 22.7 Å². The van der Waals surface area contributed by atoms with Crippen molar-refractivity contribution in [3.05, 3.63) is 35.1 Å². The molecule has 78 valence electrons. The van der Waals surface area contributed by atoms with Crippen LogP contribution in [0.15, 0.2) is 18.2 Å². The molecule has 1 atom stereocenters. The van der Waals surface area contributed by atoms with E-state index in [0.717, 1.165) is 12.1 Å². The molecule has 0 spiro atoms. The number of aliphatic hydroxyl groups excluding tert-OH is 1. The first kappa shape index (κ1) is 11.0. The van der Waals surface area contributed by atoms with Crippen molar-refractivity contribution in [3.8, 4) is 0 Å². The molecule has 1 aromatic rings. The summed E-state index contributed by atoms with van der Waals surface area (Å²) in [5, 5.41) is 8.98. The SMILES string of the molecule is CC(O)c1ccc(C(F)(F)F)cc1F. The summed E-state index contributed by atoms with van der Waals surface area (Å²) in [4.78, 5) is 0. The summed E-state index contributed by atoms with van der Waals surface area (Å²) in [6.45, 7) is 1.28. The summed E-state index contributed by atoms with van der Waals surface area (Å²) >= 11 is 0. The van der Waals surface area contributed by atoms with Crippen LogP contribution in [-0.4, -0.2) is 5.11 Å². The summed E-state index contributed by atoms with van der Waals surface area (Å²) in [6, 6.07) is 2.05. The predicted octanol–water partition coefficient (Wildman–Crippen LogP) is 2.90. The molecule has 0 bridgehead atoms. The van der Waals surface area contributed by atoms with Gasteiger partial charge in [-0.25, -0.2) is 4.39 Å². The van der Waals surface area contributed by atoms with Gasteiger partial charge in [0.2, 0.25) is 0 Å². The molecular formula is C9H8F4O. The Labute approximate surface area is 78.0 Å². The highest BCUT2D eigenvalue weighted by atomic mass is 19.4. The van der Waals surface area contributed by atoms with E-state index in [0.29, 0.717) is 6.07 Å². The lowest BCUT2D eigenvalue weighted by molar-refractivity contribution is -0.137. The monoisotopic (exact) mass is 208 g/mol. The Kier molecular flexibility index (Phi) is 2.80. The zero-order valence-corrected chi connectivity index (χ0v) is 7.27. The largest absolute Gasteiger partial charge is 0.416 e. The van der Waals surface area contributed by atoms with E-state index in [-0.39, 0.29) is 5.56 Å². The fraction of sp³-hybridized carbons (Fsp3) is 0.333. The third kappa shape index (κ3) is 2.23. The number of benzene rings is 1. The van der Waals surface area contributed by atoms with Crippen molar-refractivity contribution in [2.75, 3.05) is 0 Å². The summed E-state index contributed by atoms with van der Waals surface area (Å²) in [5.74, 6) is -1.05. The molecule has 0 amide bonds. The van der Waals surface area contributed by atoms with Crippen LogP contribution < -0.4 is 0 Å². The minimum atomic E-state index is -4.56. The van der Waals surface area contributed by atoms with E-state index in [9.17, 15) is 17.6 Å². The minimum Gasteiger partial charge on any atom is -0.389 e. The average molecular weight is 208 g/mol. The molecule has 0 aliphatic rings. The van der Waals surface area contributed by atoms with Gasteiger partial charge in [0.05, 0.1) is 11.7 Å². The van der Waals surface area contributed by atoms with Gasteiger partial charge >= 0.3 is 6.18 Å². The number of halogens is 4. The molecule has 0 fully saturated rings. The smallest absolute Gasteiger partial charge is 0.389 e. The van der Waals surface area contributed by atoms with Gasteiger partial charge in [0.25, 0.3) is 0 Å². The highest BCUT2D eigenvalue weighted by molar-refractivity contribution is 5.27. The van der Waals surface area contributed by atoms with E-state index in [1.165, 1.54) is 6.92 Å². The lowest BCUT2D eigenvalue weighted by atomic mass is 10.1. The molecule has 1 unspecified atom stereocenters. The quantitative estimate of drug-likeness (QED) is 0.703. The maximum atomic E-state index is 13.0. The molecule has 1 N–H and O–H groups in total. The van der Waals surface area contributed by atoms with Crippen LogP contribution in [0.25, 0.3) is 0 Å². The second kappa shape index (κ2) is 3.57. The number of aliphatic hydroxyl groups is 1. The zero-order chi connectivity index (χ0) is 10.9. The molecule has 14 heavy (non-hydrogen) atoms. The molecule has 1 aromatic carbocycles. The number of alkyl halides is 3. The molecule has 5 heteroatoms. The van der Waals surface area contributed by atoms with Crippen LogP contribution in [0.5, 0.6) is 0 Å². The second-order valence-electron chi connectivity index (χ2n) is 2.91. The fourth-order valence-corrected chi connectivity index (χ4v) is 1.04. The van der Waals surface area contributed by atoms with Gasteiger partial charge in [-0.15, -0.1) is 0 Å². The lowest BCUT2D eigenvalue weighted by Gasteiger charge is -2.10. The van der Waals surface area contributed by atoms with Crippen molar-refractivity contribution in [1.29, 1.82) is 0 Å². The third-order valence-corrected chi connectivity index (χ3v) is 1.78. The van der Waals surface area contributed by atoms with E-state index in [4.69, 9.17) is 5.11 Å². The van der Waals surface area contributed by atoms with Gasteiger partial charge < -0.3 is 5.11 Å². The molecule has 1 rings (SSSR count). The van der Waals surface area contributed by atoms with Gasteiger partial charge in [0, 0.05) is 5.56 Å². The zero-order valence-electron chi connectivity index (χ0n) is 7.27. The maximum absolute atomic E-state index is 13.0. The van der Waals surface area contributed by atoms with E-state index in [2.05, 4.69) is 0 Å². The van der Waals surface area contributed by atoms with Crippen molar-refractivity contribution >= 4 is 0 Å². The fourth-order valence-electron chi connectivity index (χ4n) is 1.04. The van der Waals surface area contributed by atoms with Crippen LogP contribution in [0.4, 0.5) is 17.6 Å². The summed E-state index contributed by atoms with van der Waals surface area (Å²) in [5.41, 5.74) is -1.20. The first-order chi connectivity index (χ1) is 6.32. The van der Waals surface area contributed by atoms with E-state index in [1.54, 1.807) is 0 Å². The number of hydrogen-bond donors (Lipinski definition) is 1. The van der Waals surface area contributed by atoms with Gasteiger partial charge in [0.15, 0.2) is 0 Å². The molecule has 1 nitrogen and oxygen atoms in total. The van der Waals surface area contributed by atoms with E-state index >= 15 is 0 Å². The number of hydrogen-bond acceptors (Lipinski definition) is 1. The Morgan fingerprint density at radius 3 is 2.21 bits per heavy atom. The van der Waals surface area contributed by atoms with Gasteiger partial charge in [-0.2, -0.15) is 13.2 Å². The standard InChI is InChI=1S/C9H8F4O/c1-5(14)7-3-2-6(4-8(7)10)9(11,12)13/h2-5,14H,1H3. The Bertz CT molecular complexity index is 330. The van der Waals surface area contributed by atoms with Crippen molar-refractivity contribution in [3.63, 3.8) is 0 Å². The Hall–Kier alpha value is -1.10. The van der Waals surface area contributed by atoms with Crippen LogP contribution >= 0.6 is 0 Å². The molecule has 0 saturated heterocycles. The van der Waals surface area contributed by atoms with E-state index < -0.39 is 23.7 Å². The third-order valence-electron chi connectivity index (χ3n) is 1.78. The summed E-state index contributed by atoms with van der Waals surface area (Å²) in [6.07, 6.45) is -5.67. The maximum Gasteiger partial charge on any atom is 0.416 e. The molecular weight excluding hydrogens is 200 g/mol. The van der Waals surface area contributed by atoms with Crippen molar-refractivity contribution in [2.45, 2.75) is 19.2 Å². The van der Waals surface area contributed by atoms with Gasteiger partial charge in [0.1, 0.15) is 5.82 Å². The first-order valence-corrected chi connectivity index (χ1v) is 3.87. The topological polar surface area (TPSA) is 20.2 Å². The summed E-state index contributed by atoms with van der Waals surface area (Å²) < 4.78 is 49.2. The van der Waals surface area contributed by atoms with Crippen LogP contribution in [0, 0.1) is 5.82 Å². The Morgan fingerprint density at radius 2 is 1.86 bits per heavy atom. The normalized spacial score (nSPS) is 14.1. The molecule has 0 saturated carbocycles.